The average molecular weight is 426 g/mol. The van der Waals surface area contributed by atoms with Crippen LogP contribution < -0.4 is 0 Å². The molecule has 4 heterocycles. The molecule has 0 saturated heterocycles. The fourth-order valence-electron chi connectivity index (χ4n) is 3.72. The number of nitrogens with zero attached hydrogens (tertiary/aromatic N) is 4. The van der Waals surface area contributed by atoms with Gasteiger partial charge in [-0.3, -0.25) is 9.59 Å². The number of carbonyl (C=O) groups excluding carboxylic acids is 2. The molecule has 4 rings (SSSR count). The monoisotopic (exact) mass is 426 g/mol. The van der Waals surface area contributed by atoms with Gasteiger partial charge in [-0.2, -0.15) is 0 Å². The Morgan fingerprint density at radius 2 is 2.07 bits per heavy atom. The van der Waals surface area contributed by atoms with Gasteiger partial charge in [0, 0.05) is 25.5 Å². The number of ketones is 1. The van der Waals surface area contributed by atoms with Gasteiger partial charge >= 0.3 is 0 Å². The maximum atomic E-state index is 13.4. The first-order valence-corrected chi connectivity index (χ1v) is 10.4. The van der Waals surface area contributed by atoms with Crippen LogP contribution in [0.1, 0.15) is 44.4 Å². The Labute approximate surface area is 177 Å². The van der Waals surface area contributed by atoms with E-state index in [-0.39, 0.29) is 11.4 Å². The van der Waals surface area contributed by atoms with Crippen molar-refractivity contribution in [3.8, 4) is 0 Å². The third kappa shape index (κ3) is 3.56. The first-order valence-electron chi connectivity index (χ1n) is 9.61. The Bertz CT molecular complexity index is 1130. The maximum Gasteiger partial charge on any atom is 0.290 e. The van der Waals surface area contributed by atoms with Gasteiger partial charge in [0.05, 0.1) is 27.5 Å². The van der Waals surface area contributed by atoms with Gasteiger partial charge in [-0.05, 0) is 39.3 Å². The molecule has 3 aromatic rings. The number of thiazole rings is 1. The van der Waals surface area contributed by atoms with Crippen LogP contribution in [-0.4, -0.2) is 42.8 Å². The van der Waals surface area contributed by atoms with Gasteiger partial charge in [0.2, 0.25) is 5.78 Å². The highest BCUT2D eigenvalue weighted by Crippen LogP contribution is 2.40. The summed E-state index contributed by atoms with van der Waals surface area (Å²) >= 11 is 1.26. The predicted octanol–water partition coefficient (Wildman–Crippen LogP) is 3.53. The van der Waals surface area contributed by atoms with Crippen LogP contribution in [0.4, 0.5) is 0 Å². The topological polar surface area (TPSA) is 101 Å². The van der Waals surface area contributed by atoms with E-state index in [2.05, 4.69) is 9.97 Å². The average Bonchev–Trinajstić information content (AvgIpc) is 3.47. The number of aromatic nitrogens is 3. The van der Waals surface area contributed by atoms with Crippen molar-refractivity contribution in [2.24, 2.45) is 0 Å². The summed E-state index contributed by atoms with van der Waals surface area (Å²) in [5.41, 5.74) is 0.631. The van der Waals surface area contributed by atoms with Gasteiger partial charge in [0.1, 0.15) is 17.6 Å². The van der Waals surface area contributed by atoms with Crippen molar-refractivity contribution in [2.45, 2.75) is 39.8 Å². The SMILES string of the molecule is Cc1ccc([C@H]2C(C(=O)c3sc(C)nc3C)=C(O)C(=O)N2CCCn2ccnc2)o1. The zero-order valence-electron chi connectivity index (χ0n) is 17.0. The molecule has 0 aromatic carbocycles. The van der Waals surface area contributed by atoms with Crippen LogP contribution in [0.15, 0.2) is 46.6 Å². The van der Waals surface area contributed by atoms with Crippen molar-refractivity contribution >= 4 is 23.0 Å². The summed E-state index contributed by atoms with van der Waals surface area (Å²) in [6.45, 7) is 6.37. The number of carbonyl (C=O) groups is 2. The number of imidazole rings is 1. The molecule has 0 radical (unpaired) electrons. The van der Waals surface area contributed by atoms with E-state index in [9.17, 15) is 14.7 Å². The number of hydrogen-bond donors (Lipinski definition) is 1. The first kappa shape index (κ1) is 20.1. The van der Waals surface area contributed by atoms with E-state index >= 15 is 0 Å². The largest absolute Gasteiger partial charge is 0.503 e. The highest BCUT2D eigenvalue weighted by atomic mass is 32.1. The molecule has 1 N–H and O–H groups in total. The molecular weight excluding hydrogens is 404 g/mol. The maximum absolute atomic E-state index is 13.4. The molecule has 0 bridgehead atoms. The molecule has 1 amide bonds. The summed E-state index contributed by atoms with van der Waals surface area (Å²) in [6, 6.07) is 2.75. The van der Waals surface area contributed by atoms with E-state index < -0.39 is 17.7 Å². The summed E-state index contributed by atoms with van der Waals surface area (Å²) in [5, 5.41) is 11.4. The third-order valence-electron chi connectivity index (χ3n) is 5.06. The van der Waals surface area contributed by atoms with Gasteiger partial charge in [0.15, 0.2) is 5.76 Å². The van der Waals surface area contributed by atoms with Crippen LogP contribution in [0.25, 0.3) is 0 Å². The molecule has 8 nitrogen and oxygen atoms in total. The Hall–Kier alpha value is -3.20. The van der Waals surface area contributed by atoms with E-state index in [1.54, 1.807) is 38.5 Å². The van der Waals surface area contributed by atoms with Crippen molar-refractivity contribution in [2.75, 3.05) is 6.54 Å². The van der Waals surface area contributed by atoms with Crippen LogP contribution in [-0.2, 0) is 11.3 Å². The summed E-state index contributed by atoms with van der Waals surface area (Å²) in [4.78, 5) is 36.5. The smallest absolute Gasteiger partial charge is 0.290 e. The molecule has 1 aliphatic rings. The van der Waals surface area contributed by atoms with Crippen molar-refractivity contribution < 1.29 is 19.1 Å². The molecule has 9 heteroatoms. The molecule has 3 aromatic heterocycles. The number of hydrogen-bond acceptors (Lipinski definition) is 7. The predicted molar refractivity (Wildman–Crippen MR) is 110 cm³/mol. The third-order valence-corrected chi connectivity index (χ3v) is 6.13. The highest BCUT2D eigenvalue weighted by Gasteiger charge is 2.45. The molecule has 0 fully saturated rings. The minimum absolute atomic E-state index is 0.0451. The van der Waals surface area contributed by atoms with E-state index in [1.807, 2.05) is 17.7 Å². The molecule has 0 saturated carbocycles. The van der Waals surface area contributed by atoms with E-state index in [0.717, 1.165) is 5.01 Å². The first-order chi connectivity index (χ1) is 14.4. The number of amides is 1. The Morgan fingerprint density at radius 1 is 1.27 bits per heavy atom. The molecule has 0 spiro atoms. The lowest BCUT2D eigenvalue weighted by molar-refractivity contribution is -0.129. The fourth-order valence-corrected chi connectivity index (χ4v) is 4.59. The number of rotatable bonds is 7. The molecule has 0 unspecified atom stereocenters. The van der Waals surface area contributed by atoms with Gasteiger partial charge in [-0.25, -0.2) is 9.97 Å². The van der Waals surface area contributed by atoms with E-state index in [4.69, 9.17) is 4.42 Å². The summed E-state index contributed by atoms with van der Waals surface area (Å²) in [7, 11) is 0. The number of aryl methyl sites for hydroxylation is 4. The molecule has 1 aliphatic heterocycles. The Balaban J connectivity index is 1.67. The second-order valence-corrected chi connectivity index (χ2v) is 8.45. The Morgan fingerprint density at radius 3 is 2.67 bits per heavy atom. The zero-order chi connectivity index (χ0) is 21.4. The van der Waals surface area contributed by atoms with Gasteiger partial charge in [0.25, 0.3) is 5.91 Å². The van der Waals surface area contributed by atoms with Gasteiger partial charge in [-0.1, -0.05) is 0 Å². The highest BCUT2D eigenvalue weighted by molar-refractivity contribution is 7.14. The van der Waals surface area contributed by atoms with Crippen LogP contribution in [0.2, 0.25) is 0 Å². The lowest BCUT2D eigenvalue weighted by Crippen LogP contribution is -2.32. The minimum atomic E-state index is -0.775. The molecular formula is C21H22N4O4S. The molecule has 0 aliphatic carbocycles. The van der Waals surface area contributed by atoms with Crippen LogP contribution in [0.3, 0.4) is 0 Å². The number of furan rings is 1. The quantitative estimate of drug-likeness (QED) is 0.580. The summed E-state index contributed by atoms with van der Waals surface area (Å²) in [5.74, 6) is -0.359. The summed E-state index contributed by atoms with van der Waals surface area (Å²) < 4.78 is 7.69. The Kier molecular flexibility index (Phi) is 5.29. The number of aliphatic hydroxyl groups is 1. The van der Waals surface area contributed by atoms with Crippen LogP contribution >= 0.6 is 11.3 Å². The summed E-state index contributed by atoms with van der Waals surface area (Å²) in [6.07, 6.45) is 5.88. The van der Waals surface area contributed by atoms with Gasteiger partial charge in [-0.15, -0.1) is 11.3 Å². The minimum Gasteiger partial charge on any atom is -0.503 e. The fraction of sp³-hybridized carbons (Fsp3) is 0.333. The molecule has 156 valence electrons. The molecule has 1 atom stereocenters. The van der Waals surface area contributed by atoms with Gasteiger partial charge < -0.3 is 19.0 Å². The van der Waals surface area contributed by atoms with Crippen LogP contribution in [0.5, 0.6) is 0 Å². The van der Waals surface area contributed by atoms with Crippen molar-refractivity contribution in [3.05, 3.63) is 69.3 Å². The van der Waals surface area contributed by atoms with Crippen molar-refractivity contribution in [3.63, 3.8) is 0 Å². The zero-order valence-corrected chi connectivity index (χ0v) is 17.8. The second kappa shape index (κ2) is 7.91. The van der Waals surface area contributed by atoms with E-state index in [1.165, 1.54) is 16.2 Å². The van der Waals surface area contributed by atoms with E-state index in [0.29, 0.717) is 41.6 Å². The molecule has 30 heavy (non-hydrogen) atoms. The second-order valence-electron chi connectivity index (χ2n) is 7.24. The van der Waals surface area contributed by atoms with Crippen LogP contribution in [0, 0.1) is 20.8 Å². The normalized spacial score (nSPS) is 16.7. The van der Waals surface area contributed by atoms with Crippen molar-refractivity contribution in [1.29, 1.82) is 0 Å². The standard InChI is InChI=1S/C21H22N4O4S/c1-12-5-6-15(29-12)17-16(18(26)20-13(2)23-14(3)30-20)19(27)21(28)25(17)9-4-8-24-10-7-22-11-24/h5-7,10-11,17,27H,4,8-9H2,1-3H3/t17-/m0/s1. The number of Topliss-reactive ketones (excluding diaryl/α,β-unsaturated/α-hetero) is 1. The lowest BCUT2D eigenvalue weighted by atomic mass is 9.99. The lowest BCUT2D eigenvalue weighted by Gasteiger charge is -2.25. The number of aliphatic hydroxyl groups excluding tert-OH is 1. The van der Waals surface area contributed by atoms with Crippen molar-refractivity contribution in [1.82, 2.24) is 19.4 Å².